The molecular formula is C13H18ClNO. The summed E-state index contributed by atoms with van der Waals surface area (Å²) < 4.78 is 0. The highest BCUT2D eigenvalue weighted by Crippen LogP contribution is 2.25. The molecule has 0 N–H and O–H groups in total. The van der Waals surface area contributed by atoms with E-state index in [0.29, 0.717) is 0 Å². The predicted molar refractivity (Wildman–Crippen MR) is 66.9 cm³/mol. The quantitative estimate of drug-likeness (QED) is 0.798. The minimum atomic E-state index is 0.780. The highest BCUT2D eigenvalue weighted by atomic mass is 35.5. The molecule has 0 bridgehead atoms. The van der Waals surface area contributed by atoms with Gasteiger partial charge in [0.2, 0.25) is 0 Å². The van der Waals surface area contributed by atoms with E-state index >= 15 is 0 Å². The van der Waals surface area contributed by atoms with Crippen LogP contribution in [-0.2, 0) is 6.42 Å². The lowest BCUT2D eigenvalue weighted by Gasteiger charge is -2.27. The van der Waals surface area contributed by atoms with Crippen LogP contribution in [-0.4, -0.2) is 18.2 Å². The Kier molecular flexibility index (Phi) is 4.08. The molecule has 1 aliphatic rings. The average molecular weight is 240 g/mol. The molecule has 3 heteroatoms. The number of rotatable bonds is 3. The molecule has 1 heterocycles. The van der Waals surface area contributed by atoms with Crippen molar-refractivity contribution in [1.29, 1.82) is 0 Å². The maximum absolute atomic E-state index is 5.97. The van der Waals surface area contributed by atoms with E-state index in [2.05, 4.69) is 12.0 Å². The molecule has 1 aromatic carbocycles. The van der Waals surface area contributed by atoms with Crippen LogP contribution >= 0.6 is 11.6 Å². The Balaban J connectivity index is 2.07. The zero-order chi connectivity index (χ0) is 11.4. The smallest absolute Gasteiger partial charge is 0.150 e. The van der Waals surface area contributed by atoms with Crippen molar-refractivity contribution in [3.05, 3.63) is 28.8 Å². The fourth-order valence-electron chi connectivity index (χ4n) is 2.01. The van der Waals surface area contributed by atoms with Crippen molar-refractivity contribution >= 4 is 11.6 Å². The van der Waals surface area contributed by atoms with Gasteiger partial charge in [0, 0.05) is 18.1 Å². The Morgan fingerprint density at radius 3 is 2.69 bits per heavy atom. The highest BCUT2D eigenvalue weighted by molar-refractivity contribution is 6.30. The van der Waals surface area contributed by atoms with Crippen molar-refractivity contribution < 1.29 is 4.84 Å². The van der Waals surface area contributed by atoms with Crippen molar-refractivity contribution in [2.75, 3.05) is 13.1 Å². The first kappa shape index (κ1) is 11.7. The maximum atomic E-state index is 5.97. The van der Waals surface area contributed by atoms with Crippen LogP contribution in [0, 0.1) is 0 Å². The largest absolute Gasteiger partial charge is 0.406 e. The Morgan fingerprint density at radius 1 is 1.25 bits per heavy atom. The van der Waals surface area contributed by atoms with Gasteiger partial charge in [-0.15, -0.1) is 5.06 Å². The Hall–Kier alpha value is -0.730. The number of benzene rings is 1. The first-order valence-electron chi connectivity index (χ1n) is 6.01. The van der Waals surface area contributed by atoms with E-state index in [4.69, 9.17) is 16.4 Å². The van der Waals surface area contributed by atoms with Crippen LogP contribution in [0.25, 0.3) is 0 Å². The predicted octanol–water partition coefficient (Wildman–Crippen LogP) is 3.68. The number of halogens is 1. The van der Waals surface area contributed by atoms with Crippen molar-refractivity contribution in [3.63, 3.8) is 0 Å². The monoisotopic (exact) mass is 239 g/mol. The van der Waals surface area contributed by atoms with Crippen LogP contribution in [0.15, 0.2) is 18.2 Å². The molecule has 88 valence electrons. The third-order valence-corrected chi connectivity index (χ3v) is 3.18. The zero-order valence-corrected chi connectivity index (χ0v) is 10.5. The molecule has 1 aliphatic heterocycles. The van der Waals surface area contributed by atoms with E-state index in [0.717, 1.165) is 30.3 Å². The molecule has 0 spiro atoms. The van der Waals surface area contributed by atoms with Gasteiger partial charge in [-0.2, -0.15) is 0 Å². The second-order valence-electron chi connectivity index (χ2n) is 4.19. The summed E-state index contributed by atoms with van der Waals surface area (Å²) in [5, 5.41) is 2.84. The number of hydrogen-bond donors (Lipinski definition) is 0. The second kappa shape index (κ2) is 5.55. The lowest BCUT2D eigenvalue weighted by atomic mass is 10.1. The van der Waals surface area contributed by atoms with Gasteiger partial charge in [-0.1, -0.05) is 24.9 Å². The van der Waals surface area contributed by atoms with Gasteiger partial charge in [-0.05, 0) is 43.0 Å². The molecule has 0 saturated carbocycles. The molecule has 0 amide bonds. The van der Waals surface area contributed by atoms with Crippen LogP contribution in [0.3, 0.4) is 0 Å². The Morgan fingerprint density at radius 2 is 2.00 bits per heavy atom. The van der Waals surface area contributed by atoms with Gasteiger partial charge in [0.1, 0.15) is 0 Å². The lowest BCUT2D eigenvalue weighted by Crippen LogP contribution is -2.33. The summed E-state index contributed by atoms with van der Waals surface area (Å²) in [6.45, 7) is 4.19. The molecule has 1 saturated heterocycles. The van der Waals surface area contributed by atoms with E-state index in [1.165, 1.54) is 24.8 Å². The first-order chi connectivity index (χ1) is 7.79. The van der Waals surface area contributed by atoms with Crippen LogP contribution in [0.4, 0.5) is 0 Å². The lowest BCUT2D eigenvalue weighted by molar-refractivity contribution is -0.0726. The van der Waals surface area contributed by atoms with Gasteiger partial charge in [-0.3, -0.25) is 0 Å². The van der Waals surface area contributed by atoms with E-state index in [-0.39, 0.29) is 0 Å². The molecule has 0 aliphatic carbocycles. The summed E-state index contributed by atoms with van der Waals surface area (Å²) in [7, 11) is 0. The molecule has 0 aromatic heterocycles. The second-order valence-corrected chi connectivity index (χ2v) is 4.62. The van der Waals surface area contributed by atoms with Crippen molar-refractivity contribution in [2.24, 2.45) is 0 Å². The van der Waals surface area contributed by atoms with Crippen LogP contribution in [0.2, 0.25) is 5.02 Å². The number of nitrogens with zero attached hydrogens (tertiary/aromatic N) is 1. The third kappa shape index (κ3) is 2.89. The van der Waals surface area contributed by atoms with Crippen LogP contribution in [0.5, 0.6) is 5.75 Å². The van der Waals surface area contributed by atoms with E-state index in [9.17, 15) is 0 Å². The highest BCUT2D eigenvalue weighted by Gasteiger charge is 2.13. The van der Waals surface area contributed by atoms with Crippen molar-refractivity contribution in [3.8, 4) is 5.75 Å². The fourth-order valence-corrected chi connectivity index (χ4v) is 2.20. The average Bonchev–Trinajstić information content (AvgIpc) is 2.33. The minimum Gasteiger partial charge on any atom is -0.406 e. The third-order valence-electron chi connectivity index (χ3n) is 2.95. The van der Waals surface area contributed by atoms with Gasteiger partial charge >= 0.3 is 0 Å². The summed E-state index contributed by atoms with van der Waals surface area (Å²) in [5.41, 5.74) is 1.18. The zero-order valence-electron chi connectivity index (χ0n) is 9.71. The molecule has 2 rings (SSSR count). The van der Waals surface area contributed by atoms with Gasteiger partial charge in [-0.25, -0.2) is 0 Å². The van der Waals surface area contributed by atoms with Crippen LogP contribution in [0.1, 0.15) is 31.7 Å². The molecule has 0 unspecified atom stereocenters. The Labute approximate surface area is 102 Å². The van der Waals surface area contributed by atoms with Gasteiger partial charge in [0.05, 0.1) is 0 Å². The topological polar surface area (TPSA) is 12.5 Å². The summed E-state index contributed by atoms with van der Waals surface area (Å²) in [6, 6.07) is 5.84. The van der Waals surface area contributed by atoms with Crippen molar-refractivity contribution in [2.45, 2.75) is 32.6 Å². The summed E-state index contributed by atoms with van der Waals surface area (Å²) in [5.74, 6) is 0.953. The van der Waals surface area contributed by atoms with Crippen LogP contribution < -0.4 is 4.84 Å². The summed E-state index contributed by atoms with van der Waals surface area (Å²) in [4.78, 5) is 5.91. The maximum Gasteiger partial charge on any atom is 0.150 e. The first-order valence-corrected chi connectivity index (χ1v) is 6.38. The molecule has 1 aromatic rings. The molecule has 2 nitrogen and oxygen atoms in total. The minimum absolute atomic E-state index is 0.780. The standard InChI is InChI=1S/C13H18ClNO/c1-2-11-10-12(14)6-7-13(11)16-15-8-4-3-5-9-15/h6-7,10H,2-5,8-9H2,1H3. The normalized spacial score (nSPS) is 17.4. The SMILES string of the molecule is CCc1cc(Cl)ccc1ON1CCCCC1. The number of hydroxylamine groups is 2. The molecule has 0 atom stereocenters. The van der Waals surface area contributed by atoms with E-state index in [1.807, 2.05) is 18.2 Å². The number of aryl methyl sites for hydroxylation is 1. The summed E-state index contributed by atoms with van der Waals surface area (Å²) >= 11 is 5.97. The molecule has 1 fully saturated rings. The molecule has 0 radical (unpaired) electrons. The van der Waals surface area contributed by atoms with Gasteiger partial charge in [0.25, 0.3) is 0 Å². The van der Waals surface area contributed by atoms with E-state index < -0.39 is 0 Å². The number of hydrogen-bond acceptors (Lipinski definition) is 2. The summed E-state index contributed by atoms with van der Waals surface area (Å²) in [6.07, 6.45) is 4.73. The van der Waals surface area contributed by atoms with Gasteiger partial charge in [0.15, 0.2) is 5.75 Å². The van der Waals surface area contributed by atoms with Gasteiger partial charge < -0.3 is 4.84 Å². The fraction of sp³-hybridized carbons (Fsp3) is 0.538. The Bertz CT molecular complexity index is 348. The molecular weight excluding hydrogens is 222 g/mol. The molecule has 16 heavy (non-hydrogen) atoms. The van der Waals surface area contributed by atoms with Crippen molar-refractivity contribution in [1.82, 2.24) is 5.06 Å². The number of piperidine rings is 1. The van der Waals surface area contributed by atoms with E-state index in [1.54, 1.807) is 0 Å².